The zero-order valence-corrected chi connectivity index (χ0v) is 15.1. The standard InChI is InChI=1S/C18H16ClN5S/c1-24(18(25)21-14-9-7-13(19)8-10-14)23-17(20)16-11-6-12-4-2-3-5-15(12)22-16/h2-11H,1H3,(H2,20,23)(H,21,25). The Morgan fingerprint density at radius 2 is 1.84 bits per heavy atom. The summed E-state index contributed by atoms with van der Waals surface area (Å²) in [6, 6.07) is 18.9. The minimum atomic E-state index is 0.286. The van der Waals surface area contributed by atoms with Crippen molar-refractivity contribution in [3.63, 3.8) is 0 Å². The van der Waals surface area contributed by atoms with Crippen molar-refractivity contribution in [3.05, 3.63) is 71.4 Å². The highest BCUT2D eigenvalue weighted by molar-refractivity contribution is 7.80. The highest BCUT2D eigenvalue weighted by atomic mass is 35.5. The summed E-state index contributed by atoms with van der Waals surface area (Å²) in [7, 11) is 1.72. The first-order valence-electron chi connectivity index (χ1n) is 7.53. The average molecular weight is 370 g/mol. The number of thiocarbonyl (C=S) groups is 1. The third kappa shape index (κ3) is 4.23. The summed E-state index contributed by atoms with van der Waals surface area (Å²) in [5, 5.41) is 11.0. The molecule has 0 bridgehead atoms. The molecule has 2 aromatic carbocycles. The van der Waals surface area contributed by atoms with Crippen LogP contribution in [0, 0.1) is 0 Å². The van der Waals surface area contributed by atoms with E-state index < -0.39 is 0 Å². The lowest BCUT2D eigenvalue weighted by Crippen LogP contribution is -2.30. The zero-order chi connectivity index (χ0) is 17.8. The minimum absolute atomic E-state index is 0.286. The van der Waals surface area contributed by atoms with E-state index in [9.17, 15) is 0 Å². The van der Waals surface area contributed by atoms with E-state index in [0.717, 1.165) is 16.6 Å². The van der Waals surface area contributed by atoms with Crippen molar-refractivity contribution in [3.8, 4) is 0 Å². The predicted octanol–water partition coefficient (Wildman–Crippen LogP) is 3.84. The topological polar surface area (TPSA) is 66.5 Å². The van der Waals surface area contributed by atoms with Crippen molar-refractivity contribution in [2.24, 2.45) is 10.8 Å². The van der Waals surface area contributed by atoms with Crippen LogP contribution >= 0.6 is 23.8 Å². The number of hydrogen-bond donors (Lipinski definition) is 2. The number of amidine groups is 1. The van der Waals surface area contributed by atoms with Gasteiger partial charge in [0.05, 0.1) is 5.52 Å². The molecule has 0 aliphatic rings. The zero-order valence-electron chi connectivity index (χ0n) is 13.5. The maximum atomic E-state index is 6.08. The number of aromatic nitrogens is 1. The lowest BCUT2D eigenvalue weighted by molar-refractivity contribution is 0.552. The molecule has 5 nitrogen and oxygen atoms in total. The van der Waals surface area contributed by atoms with Gasteiger partial charge in [0.1, 0.15) is 5.69 Å². The first-order chi connectivity index (χ1) is 12.0. The molecule has 0 unspecified atom stereocenters. The van der Waals surface area contributed by atoms with Crippen molar-refractivity contribution in [2.45, 2.75) is 0 Å². The van der Waals surface area contributed by atoms with Gasteiger partial charge in [0, 0.05) is 23.1 Å². The van der Waals surface area contributed by atoms with Crippen LogP contribution in [0.25, 0.3) is 10.9 Å². The van der Waals surface area contributed by atoms with Crippen LogP contribution in [0.4, 0.5) is 5.69 Å². The van der Waals surface area contributed by atoms with Gasteiger partial charge >= 0.3 is 0 Å². The lowest BCUT2D eigenvalue weighted by Gasteiger charge is -2.16. The van der Waals surface area contributed by atoms with Gasteiger partial charge in [-0.2, -0.15) is 5.10 Å². The molecule has 1 aromatic heterocycles. The number of nitrogens with one attached hydrogen (secondary N) is 1. The van der Waals surface area contributed by atoms with E-state index in [-0.39, 0.29) is 5.84 Å². The Morgan fingerprint density at radius 1 is 1.12 bits per heavy atom. The summed E-state index contributed by atoms with van der Waals surface area (Å²) in [6.07, 6.45) is 0. The summed E-state index contributed by atoms with van der Waals surface area (Å²) in [6.45, 7) is 0. The van der Waals surface area contributed by atoms with Gasteiger partial charge in [-0.15, -0.1) is 0 Å². The number of hydrazone groups is 1. The van der Waals surface area contributed by atoms with E-state index in [4.69, 9.17) is 29.6 Å². The Morgan fingerprint density at radius 3 is 2.60 bits per heavy atom. The molecule has 0 saturated heterocycles. The van der Waals surface area contributed by atoms with Crippen LogP contribution in [-0.4, -0.2) is 28.0 Å². The Kier molecular flexibility index (Phi) is 5.11. The lowest BCUT2D eigenvalue weighted by atomic mass is 10.2. The normalized spacial score (nSPS) is 11.4. The number of para-hydroxylation sites is 1. The second kappa shape index (κ2) is 7.46. The Balaban J connectivity index is 1.75. The predicted molar refractivity (Wildman–Crippen MR) is 108 cm³/mol. The number of anilines is 1. The SMILES string of the molecule is CN(/N=C(\N)c1ccc2ccccc2n1)C(=S)Nc1ccc(Cl)cc1. The number of nitrogens with two attached hydrogens (primary N) is 1. The van der Waals surface area contributed by atoms with E-state index in [0.29, 0.717) is 15.8 Å². The van der Waals surface area contributed by atoms with E-state index >= 15 is 0 Å². The Hall–Kier alpha value is -2.70. The molecule has 0 fully saturated rings. The van der Waals surface area contributed by atoms with Crippen molar-refractivity contribution < 1.29 is 0 Å². The molecule has 1 heterocycles. The van der Waals surface area contributed by atoms with E-state index in [1.807, 2.05) is 48.5 Å². The van der Waals surface area contributed by atoms with Crippen LogP contribution in [0.3, 0.4) is 0 Å². The number of hydrogen-bond acceptors (Lipinski definition) is 3. The van der Waals surface area contributed by atoms with Crippen LogP contribution in [0.2, 0.25) is 5.02 Å². The van der Waals surface area contributed by atoms with Crippen LogP contribution < -0.4 is 11.1 Å². The van der Waals surface area contributed by atoms with E-state index in [2.05, 4.69) is 15.4 Å². The first kappa shape index (κ1) is 17.1. The van der Waals surface area contributed by atoms with Crippen LogP contribution in [0.15, 0.2) is 65.8 Å². The average Bonchev–Trinajstić information content (AvgIpc) is 2.63. The largest absolute Gasteiger partial charge is 0.380 e. The van der Waals surface area contributed by atoms with E-state index in [1.54, 1.807) is 19.2 Å². The molecule has 0 aliphatic carbocycles. The van der Waals surface area contributed by atoms with Gasteiger partial charge in [-0.05, 0) is 48.6 Å². The number of fused-ring (bicyclic) bond motifs is 1. The minimum Gasteiger partial charge on any atom is -0.380 e. The molecular formula is C18H16ClN5S. The second-order valence-electron chi connectivity index (χ2n) is 5.34. The molecular weight excluding hydrogens is 354 g/mol. The van der Waals surface area contributed by atoms with Crippen molar-refractivity contribution >= 4 is 51.4 Å². The van der Waals surface area contributed by atoms with Crippen LogP contribution in [0.1, 0.15) is 5.69 Å². The molecule has 3 aromatic rings. The van der Waals surface area contributed by atoms with Gasteiger partial charge in [0.25, 0.3) is 0 Å². The third-order valence-electron chi connectivity index (χ3n) is 3.51. The van der Waals surface area contributed by atoms with Gasteiger partial charge in [-0.25, -0.2) is 9.99 Å². The van der Waals surface area contributed by atoms with Gasteiger partial charge in [0.15, 0.2) is 10.9 Å². The molecule has 0 spiro atoms. The number of halogens is 1. The monoisotopic (exact) mass is 369 g/mol. The third-order valence-corrected chi connectivity index (χ3v) is 4.13. The quantitative estimate of drug-likeness (QED) is 0.318. The second-order valence-corrected chi connectivity index (χ2v) is 6.16. The summed E-state index contributed by atoms with van der Waals surface area (Å²) in [4.78, 5) is 4.52. The van der Waals surface area contributed by atoms with Gasteiger partial charge in [0.2, 0.25) is 0 Å². The molecule has 0 radical (unpaired) electrons. The van der Waals surface area contributed by atoms with Crippen molar-refractivity contribution in [1.82, 2.24) is 9.99 Å². The van der Waals surface area contributed by atoms with Crippen LogP contribution in [0.5, 0.6) is 0 Å². The number of nitrogens with zero attached hydrogens (tertiary/aromatic N) is 3. The molecule has 0 saturated carbocycles. The van der Waals surface area contributed by atoms with Crippen molar-refractivity contribution in [1.29, 1.82) is 0 Å². The van der Waals surface area contributed by atoms with Crippen LogP contribution in [-0.2, 0) is 0 Å². The molecule has 126 valence electrons. The fourth-order valence-electron chi connectivity index (χ4n) is 2.20. The highest BCUT2D eigenvalue weighted by Crippen LogP contribution is 2.14. The Bertz CT molecular complexity index is 940. The molecule has 25 heavy (non-hydrogen) atoms. The number of pyridine rings is 1. The molecule has 0 aliphatic heterocycles. The summed E-state index contributed by atoms with van der Waals surface area (Å²) in [5.41, 5.74) is 8.36. The summed E-state index contributed by atoms with van der Waals surface area (Å²) < 4.78 is 0. The fourth-order valence-corrected chi connectivity index (χ4v) is 2.49. The number of benzene rings is 2. The maximum Gasteiger partial charge on any atom is 0.193 e. The number of rotatable bonds is 3. The van der Waals surface area contributed by atoms with Crippen molar-refractivity contribution in [2.75, 3.05) is 12.4 Å². The first-order valence-corrected chi connectivity index (χ1v) is 8.32. The Labute approximate surface area is 156 Å². The molecule has 7 heteroatoms. The molecule has 3 N–H and O–H groups in total. The van der Waals surface area contributed by atoms with Gasteiger partial charge in [-0.3, -0.25) is 0 Å². The summed E-state index contributed by atoms with van der Waals surface area (Å²) in [5.74, 6) is 0.286. The summed E-state index contributed by atoms with van der Waals surface area (Å²) >= 11 is 11.2. The van der Waals surface area contributed by atoms with Gasteiger partial charge in [-0.1, -0.05) is 35.9 Å². The van der Waals surface area contributed by atoms with E-state index in [1.165, 1.54) is 5.01 Å². The molecule has 0 atom stereocenters. The fraction of sp³-hybridized carbons (Fsp3) is 0.0556. The molecule has 0 amide bonds. The smallest absolute Gasteiger partial charge is 0.193 e. The maximum absolute atomic E-state index is 6.08. The highest BCUT2D eigenvalue weighted by Gasteiger charge is 2.07. The van der Waals surface area contributed by atoms with Gasteiger partial charge < -0.3 is 11.1 Å². The molecule has 3 rings (SSSR count).